The Bertz CT molecular complexity index is 1070. The number of nitrogens with zero attached hydrogens (tertiary/aromatic N) is 3. The number of halogens is 6. The van der Waals surface area contributed by atoms with E-state index in [1.165, 1.54) is 12.3 Å². The topological polar surface area (TPSA) is 62.7 Å². The Morgan fingerprint density at radius 3 is 2.25 bits per heavy atom. The van der Waals surface area contributed by atoms with Crippen LogP contribution in [-0.4, -0.2) is 21.0 Å². The van der Waals surface area contributed by atoms with Crippen LogP contribution in [0.4, 0.5) is 43.8 Å². The number of pyridine rings is 1. The van der Waals surface area contributed by atoms with Gasteiger partial charge in [0, 0.05) is 18.3 Å². The maximum atomic E-state index is 13.5. The van der Waals surface area contributed by atoms with Gasteiger partial charge in [-0.05, 0) is 43.7 Å². The number of nitrogens with one attached hydrogen (secondary N) is 2. The molecule has 0 radical (unpaired) electrons. The number of anilines is 3. The van der Waals surface area contributed by atoms with Gasteiger partial charge in [-0.2, -0.15) is 31.3 Å². The number of rotatable bonds is 6. The molecule has 0 saturated carbocycles. The molecular formula is C21H19F6N5. The summed E-state index contributed by atoms with van der Waals surface area (Å²) in [5.74, 6) is 0.113. The molecule has 3 rings (SSSR count). The fourth-order valence-corrected chi connectivity index (χ4v) is 2.75. The highest BCUT2D eigenvalue weighted by Gasteiger charge is 2.38. The molecule has 32 heavy (non-hydrogen) atoms. The van der Waals surface area contributed by atoms with Crippen LogP contribution >= 0.6 is 0 Å². The van der Waals surface area contributed by atoms with Gasteiger partial charge in [-0.1, -0.05) is 13.0 Å². The van der Waals surface area contributed by atoms with Gasteiger partial charge in [-0.15, -0.1) is 0 Å². The van der Waals surface area contributed by atoms with E-state index >= 15 is 0 Å². The van der Waals surface area contributed by atoms with E-state index < -0.39 is 29.2 Å². The highest BCUT2D eigenvalue weighted by atomic mass is 19.4. The van der Waals surface area contributed by atoms with Gasteiger partial charge in [0.15, 0.2) is 0 Å². The monoisotopic (exact) mass is 455 g/mol. The van der Waals surface area contributed by atoms with E-state index in [-0.39, 0.29) is 23.9 Å². The molecule has 0 aliphatic carbocycles. The van der Waals surface area contributed by atoms with Crippen LogP contribution in [0, 0.1) is 0 Å². The normalized spacial score (nSPS) is 13.0. The van der Waals surface area contributed by atoms with E-state index in [9.17, 15) is 26.3 Å². The lowest BCUT2D eigenvalue weighted by Crippen LogP contribution is -2.17. The van der Waals surface area contributed by atoms with Crippen molar-refractivity contribution in [1.82, 2.24) is 15.0 Å². The smallest absolute Gasteiger partial charge is 0.352 e. The van der Waals surface area contributed by atoms with E-state index in [4.69, 9.17) is 0 Å². The first-order chi connectivity index (χ1) is 15.0. The second-order valence-electron chi connectivity index (χ2n) is 7.01. The first kappa shape index (κ1) is 23.3. The van der Waals surface area contributed by atoms with Crippen molar-refractivity contribution < 1.29 is 26.3 Å². The van der Waals surface area contributed by atoms with Crippen LogP contribution in [0.25, 0.3) is 11.4 Å². The molecule has 170 valence electrons. The summed E-state index contributed by atoms with van der Waals surface area (Å²) in [7, 11) is 0. The van der Waals surface area contributed by atoms with Gasteiger partial charge in [-0.3, -0.25) is 4.98 Å². The highest BCUT2D eigenvalue weighted by molar-refractivity contribution is 5.67. The Balaban J connectivity index is 2.07. The Morgan fingerprint density at radius 2 is 1.66 bits per heavy atom. The predicted octanol–water partition coefficient (Wildman–Crippen LogP) is 6.53. The van der Waals surface area contributed by atoms with Crippen LogP contribution in [0.1, 0.15) is 31.4 Å². The standard InChI is InChI=1S/C21H19F6N5/c1-3-12(2)29-19-31-17(16-6-4-5-9-28-16)11-18(32-19)30-15-8-7-13(20(22,23)24)10-14(15)21(25,26)27/h4-12H,3H2,1-2H3,(H2,29,30,31,32)/t12-/m0/s1. The molecule has 2 aromatic heterocycles. The number of hydrogen-bond acceptors (Lipinski definition) is 5. The van der Waals surface area contributed by atoms with Crippen molar-refractivity contribution >= 4 is 17.5 Å². The molecule has 11 heteroatoms. The van der Waals surface area contributed by atoms with E-state index in [1.54, 1.807) is 18.2 Å². The molecule has 0 fully saturated rings. The second kappa shape index (κ2) is 9.01. The average molecular weight is 455 g/mol. The third-order valence-corrected chi connectivity index (χ3v) is 4.56. The Hall–Kier alpha value is -3.37. The lowest BCUT2D eigenvalue weighted by molar-refractivity contribution is -0.142. The largest absolute Gasteiger partial charge is 0.418 e. The molecule has 0 bridgehead atoms. The van der Waals surface area contributed by atoms with Gasteiger partial charge in [0.25, 0.3) is 0 Å². The molecule has 2 heterocycles. The molecule has 3 aromatic rings. The minimum absolute atomic E-state index is 0.0290. The van der Waals surface area contributed by atoms with Gasteiger partial charge in [-0.25, -0.2) is 4.98 Å². The molecule has 5 nitrogen and oxygen atoms in total. The van der Waals surface area contributed by atoms with E-state index in [1.807, 2.05) is 13.8 Å². The Kier molecular flexibility index (Phi) is 6.56. The first-order valence-electron chi connectivity index (χ1n) is 9.60. The van der Waals surface area contributed by atoms with Crippen LogP contribution in [0.5, 0.6) is 0 Å². The van der Waals surface area contributed by atoms with Crippen LogP contribution in [0.2, 0.25) is 0 Å². The summed E-state index contributed by atoms with van der Waals surface area (Å²) >= 11 is 0. The zero-order valence-corrected chi connectivity index (χ0v) is 17.0. The summed E-state index contributed by atoms with van der Waals surface area (Å²) in [6, 6.07) is 7.81. The van der Waals surface area contributed by atoms with Crippen molar-refractivity contribution in [3.05, 3.63) is 59.8 Å². The van der Waals surface area contributed by atoms with Crippen molar-refractivity contribution in [2.45, 2.75) is 38.7 Å². The number of benzene rings is 1. The zero-order chi connectivity index (χ0) is 23.5. The molecule has 0 unspecified atom stereocenters. The molecule has 0 amide bonds. The van der Waals surface area contributed by atoms with Gasteiger partial charge < -0.3 is 10.6 Å². The molecule has 1 aromatic carbocycles. The highest BCUT2D eigenvalue weighted by Crippen LogP contribution is 2.40. The SMILES string of the molecule is CC[C@H](C)Nc1nc(Nc2ccc(C(F)(F)F)cc2C(F)(F)F)cc(-c2ccccn2)n1. The summed E-state index contributed by atoms with van der Waals surface area (Å²) < 4.78 is 79.3. The fraction of sp³-hybridized carbons (Fsp3) is 0.286. The Morgan fingerprint density at radius 1 is 0.906 bits per heavy atom. The summed E-state index contributed by atoms with van der Waals surface area (Å²) in [6.45, 7) is 3.80. The van der Waals surface area contributed by atoms with Gasteiger partial charge in [0.1, 0.15) is 5.82 Å². The summed E-state index contributed by atoms with van der Waals surface area (Å²) in [5, 5.41) is 5.53. The zero-order valence-electron chi connectivity index (χ0n) is 17.0. The quantitative estimate of drug-likeness (QED) is 0.414. The van der Waals surface area contributed by atoms with E-state index in [0.29, 0.717) is 17.5 Å². The van der Waals surface area contributed by atoms with E-state index in [2.05, 4.69) is 25.6 Å². The van der Waals surface area contributed by atoms with E-state index in [0.717, 1.165) is 12.5 Å². The summed E-state index contributed by atoms with van der Waals surface area (Å²) in [5.41, 5.74) is -2.64. The molecule has 0 spiro atoms. The molecule has 0 aliphatic rings. The summed E-state index contributed by atoms with van der Waals surface area (Å²) in [4.78, 5) is 12.7. The molecule has 2 N–H and O–H groups in total. The molecule has 1 atom stereocenters. The van der Waals surface area contributed by atoms with Crippen molar-refractivity contribution in [2.75, 3.05) is 10.6 Å². The molecule has 0 aliphatic heterocycles. The third-order valence-electron chi connectivity index (χ3n) is 4.56. The van der Waals surface area contributed by atoms with Gasteiger partial charge in [0.2, 0.25) is 5.95 Å². The van der Waals surface area contributed by atoms with Crippen LogP contribution < -0.4 is 10.6 Å². The maximum absolute atomic E-state index is 13.5. The van der Waals surface area contributed by atoms with Crippen molar-refractivity contribution in [3.8, 4) is 11.4 Å². The number of alkyl halides is 6. The molecular weight excluding hydrogens is 436 g/mol. The average Bonchev–Trinajstić information content (AvgIpc) is 2.73. The van der Waals surface area contributed by atoms with Crippen LogP contribution in [0.3, 0.4) is 0 Å². The summed E-state index contributed by atoms with van der Waals surface area (Å²) in [6.07, 6.45) is -7.66. The minimum atomic E-state index is -5.02. The second-order valence-corrected chi connectivity index (χ2v) is 7.01. The minimum Gasteiger partial charge on any atom is -0.352 e. The number of aromatic nitrogens is 3. The lowest BCUT2D eigenvalue weighted by atomic mass is 10.1. The van der Waals surface area contributed by atoms with Crippen molar-refractivity contribution in [2.24, 2.45) is 0 Å². The number of hydrogen-bond donors (Lipinski definition) is 2. The molecule has 0 saturated heterocycles. The van der Waals surface area contributed by atoms with Crippen molar-refractivity contribution in [3.63, 3.8) is 0 Å². The van der Waals surface area contributed by atoms with Crippen LogP contribution in [0.15, 0.2) is 48.7 Å². The predicted molar refractivity (Wildman–Crippen MR) is 108 cm³/mol. The van der Waals surface area contributed by atoms with Crippen LogP contribution in [-0.2, 0) is 12.4 Å². The first-order valence-corrected chi connectivity index (χ1v) is 9.60. The lowest BCUT2D eigenvalue weighted by Gasteiger charge is -2.18. The van der Waals surface area contributed by atoms with Crippen molar-refractivity contribution in [1.29, 1.82) is 0 Å². The third kappa shape index (κ3) is 5.65. The fourth-order valence-electron chi connectivity index (χ4n) is 2.75. The maximum Gasteiger partial charge on any atom is 0.418 e. The van der Waals surface area contributed by atoms with Gasteiger partial charge in [0.05, 0.1) is 28.2 Å². The van der Waals surface area contributed by atoms with Gasteiger partial charge >= 0.3 is 12.4 Å². The Labute approximate surface area is 179 Å².